The Hall–Kier alpha value is -3.56. The molecule has 0 saturated heterocycles. The topological polar surface area (TPSA) is 81.7 Å². The Bertz CT molecular complexity index is 1330. The second-order valence-electron chi connectivity index (χ2n) is 7.69. The molecule has 3 aromatic carbocycles. The summed E-state index contributed by atoms with van der Waals surface area (Å²) >= 11 is 6.24. The van der Waals surface area contributed by atoms with Gasteiger partial charge < -0.3 is 15.7 Å². The van der Waals surface area contributed by atoms with Crippen molar-refractivity contribution in [1.29, 1.82) is 0 Å². The van der Waals surface area contributed by atoms with Gasteiger partial charge in [0.1, 0.15) is 11.9 Å². The van der Waals surface area contributed by atoms with Crippen LogP contribution >= 0.6 is 11.6 Å². The Labute approximate surface area is 190 Å². The van der Waals surface area contributed by atoms with Crippen LogP contribution in [-0.4, -0.2) is 23.6 Å². The number of halogens is 4. The third-order valence-corrected chi connectivity index (χ3v) is 6.10. The molecule has 2 atom stereocenters. The largest absolute Gasteiger partial charge is 0.386 e. The van der Waals surface area contributed by atoms with Crippen LogP contribution in [0.5, 0.6) is 0 Å². The van der Waals surface area contributed by atoms with E-state index >= 15 is 0 Å². The van der Waals surface area contributed by atoms with E-state index in [4.69, 9.17) is 11.6 Å². The monoisotopic (exact) mass is 473 g/mol. The Balaban J connectivity index is 1.52. The van der Waals surface area contributed by atoms with Gasteiger partial charge in [0.15, 0.2) is 11.6 Å². The number of carbonyl (C=O) groups is 2. The van der Waals surface area contributed by atoms with Gasteiger partial charge in [-0.1, -0.05) is 17.7 Å². The van der Waals surface area contributed by atoms with E-state index in [1.807, 2.05) is 0 Å². The van der Waals surface area contributed by atoms with Gasteiger partial charge in [-0.15, -0.1) is 0 Å². The molecule has 0 radical (unpaired) electrons. The lowest BCUT2D eigenvalue weighted by Gasteiger charge is -2.21. The number of nitrogens with zero attached hydrogens (tertiary/aromatic N) is 1. The molecule has 0 saturated carbocycles. The molecule has 0 aromatic heterocycles. The summed E-state index contributed by atoms with van der Waals surface area (Å²) in [5, 5.41) is 15.8. The Morgan fingerprint density at radius 1 is 1.12 bits per heavy atom. The standard InChI is InChI=1S/C23H15ClF3N3O3/c24-13-5-4-10(25)8-12(13)21-18-11(22(32)29-21)2-1-3-15(18)28-23(33)30-9-17(31)19-16(30)7-6-14(26)20(19)27/h1-8,17,21,31H,9H2,(H,28,33)(H,29,32)/t17-,21+/m1/s1. The molecule has 0 aliphatic carbocycles. The number of rotatable bonds is 2. The molecule has 0 spiro atoms. The second kappa shape index (κ2) is 7.79. The second-order valence-corrected chi connectivity index (χ2v) is 8.10. The number of aliphatic hydroxyl groups excluding tert-OH is 1. The molecule has 6 nitrogen and oxygen atoms in total. The van der Waals surface area contributed by atoms with Crippen LogP contribution in [0.1, 0.15) is 39.2 Å². The zero-order chi connectivity index (χ0) is 23.4. The number of fused-ring (bicyclic) bond motifs is 2. The molecule has 0 bridgehead atoms. The lowest BCUT2D eigenvalue weighted by Crippen LogP contribution is -2.34. The molecule has 33 heavy (non-hydrogen) atoms. The fraction of sp³-hybridized carbons (Fsp3) is 0.130. The van der Waals surface area contributed by atoms with Crippen molar-refractivity contribution in [3.05, 3.63) is 93.3 Å². The van der Waals surface area contributed by atoms with Gasteiger partial charge in [-0.05, 0) is 42.5 Å². The molecule has 0 unspecified atom stereocenters. The van der Waals surface area contributed by atoms with Crippen molar-refractivity contribution in [2.45, 2.75) is 12.1 Å². The first-order valence-electron chi connectivity index (χ1n) is 9.89. The highest BCUT2D eigenvalue weighted by atomic mass is 35.5. The van der Waals surface area contributed by atoms with Gasteiger partial charge in [0.2, 0.25) is 0 Å². The first-order valence-corrected chi connectivity index (χ1v) is 10.3. The third-order valence-electron chi connectivity index (χ3n) is 5.76. The van der Waals surface area contributed by atoms with E-state index in [-0.39, 0.29) is 34.1 Å². The van der Waals surface area contributed by atoms with Crippen LogP contribution in [-0.2, 0) is 0 Å². The molecule has 3 N–H and O–H groups in total. The van der Waals surface area contributed by atoms with Crippen LogP contribution in [0.3, 0.4) is 0 Å². The zero-order valence-corrected chi connectivity index (χ0v) is 17.5. The molecule has 3 aromatic rings. The molecule has 3 amide bonds. The SMILES string of the molecule is O=C1N[C@@H](c2cc(F)ccc2Cl)c2c(NC(=O)N3C[C@@H](O)c4c3ccc(F)c4F)cccc21. The van der Waals surface area contributed by atoms with Crippen molar-refractivity contribution >= 4 is 34.9 Å². The van der Waals surface area contributed by atoms with E-state index < -0.39 is 41.5 Å². The van der Waals surface area contributed by atoms with Crippen LogP contribution in [0.25, 0.3) is 0 Å². The number of aliphatic hydroxyl groups is 1. The number of nitrogens with one attached hydrogen (secondary N) is 2. The summed E-state index contributed by atoms with van der Waals surface area (Å²) in [4.78, 5) is 26.7. The summed E-state index contributed by atoms with van der Waals surface area (Å²) in [6, 6.07) is 8.96. The summed E-state index contributed by atoms with van der Waals surface area (Å²) in [5.74, 6) is -3.32. The average molecular weight is 474 g/mol. The number of hydrogen-bond donors (Lipinski definition) is 3. The molecular formula is C23H15ClF3N3O3. The highest BCUT2D eigenvalue weighted by molar-refractivity contribution is 6.31. The van der Waals surface area contributed by atoms with E-state index in [0.29, 0.717) is 11.1 Å². The number of amides is 3. The molecule has 168 valence electrons. The summed E-state index contributed by atoms with van der Waals surface area (Å²) in [6.45, 7) is -0.285. The van der Waals surface area contributed by atoms with Crippen molar-refractivity contribution in [3.8, 4) is 0 Å². The van der Waals surface area contributed by atoms with Gasteiger partial charge >= 0.3 is 6.03 Å². The van der Waals surface area contributed by atoms with Crippen LogP contribution in [0.2, 0.25) is 5.02 Å². The summed E-state index contributed by atoms with van der Waals surface area (Å²) in [5.41, 5.74) is 0.938. The van der Waals surface area contributed by atoms with Gasteiger partial charge in [-0.3, -0.25) is 9.69 Å². The summed E-state index contributed by atoms with van der Waals surface area (Å²) in [6.07, 6.45) is -1.40. The van der Waals surface area contributed by atoms with Crippen LogP contribution < -0.4 is 15.5 Å². The number of benzene rings is 3. The minimum absolute atomic E-state index is 0.0328. The predicted octanol–water partition coefficient (Wildman–Crippen LogP) is 4.68. The van der Waals surface area contributed by atoms with E-state index in [1.165, 1.54) is 24.3 Å². The van der Waals surface area contributed by atoms with Crippen molar-refractivity contribution < 1.29 is 27.9 Å². The normalized spacial score (nSPS) is 18.7. The maximum Gasteiger partial charge on any atom is 0.326 e. The molecule has 0 fully saturated rings. The lowest BCUT2D eigenvalue weighted by atomic mass is 9.96. The van der Waals surface area contributed by atoms with Gasteiger partial charge in [0, 0.05) is 33.0 Å². The number of anilines is 2. The maximum absolute atomic E-state index is 14.2. The average Bonchev–Trinajstić information content (AvgIpc) is 3.30. The van der Waals surface area contributed by atoms with Crippen LogP contribution in [0, 0.1) is 17.5 Å². The quantitative estimate of drug-likeness (QED) is 0.505. The third kappa shape index (κ3) is 3.40. The highest BCUT2D eigenvalue weighted by Crippen LogP contribution is 2.41. The minimum Gasteiger partial charge on any atom is -0.386 e. The van der Waals surface area contributed by atoms with E-state index in [0.717, 1.165) is 11.0 Å². The number of β-amino-alcohol motifs (C(OH)–C–C–N with tert-alkyl or cyclic N) is 1. The highest BCUT2D eigenvalue weighted by Gasteiger charge is 2.37. The van der Waals surface area contributed by atoms with Gasteiger partial charge in [0.05, 0.1) is 18.3 Å². The molecule has 2 heterocycles. The van der Waals surface area contributed by atoms with Gasteiger partial charge in [0.25, 0.3) is 5.91 Å². The molecule has 2 aliphatic heterocycles. The predicted molar refractivity (Wildman–Crippen MR) is 115 cm³/mol. The Kier molecular flexibility index (Phi) is 5.02. The van der Waals surface area contributed by atoms with Crippen LogP contribution in [0.15, 0.2) is 48.5 Å². The number of hydrogen-bond acceptors (Lipinski definition) is 3. The Morgan fingerprint density at radius 3 is 2.70 bits per heavy atom. The lowest BCUT2D eigenvalue weighted by molar-refractivity contribution is 0.0960. The van der Waals surface area contributed by atoms with E-state index in [9.17, 15) is 27.9 Å². The van der Waals surface area contributed by atoms with Crippen molar-refractivity contribution in [2.75, 3.05) is 16.8 Å². The number of carbonyl (C=O) groups excluding carboxylic acids is 2. The molecule has 5 rings (SSSR count). The fourth-order valence-electron chi connectivity index (χ4n) is 4.28. The van der Waals surface area contributed by atoms with Gasteiger partial charge in [-0.2, -0.15) is 0 Å². The summed E-state index contributed by atoms with van der Waals surface area (Å²) < 4.78 is 41.7. The van der Waals surface area contributed by atoms with Crippen LogP contribution in [0.4, 0.5) is 29.3 Å². The minimum atomic E-state index is -1.40. The van der Waals surface area contributed by atoms with Crippen molar-refractivity contribution in [2.24, 2.45) is 0 Å². The van der Waals surface area contributed by atoms with Crippen molar-refractivity contribution in [1.82, 2.24) is 5.32 Å². The first-order chi connectivity index (χ1) is 15.8. The van der Waals surface area contributed by atoms with Crippen molar-refractivity contribution in [3.63, 3.8) is 0 Å². The molecule has 2 aliphatic rings. The number of urea groups is 1. The van der Waals surface area contributed by atoms with E-state index in [2.05, 4.69) is 10.6 Å². The zero-order valence-electron chi connectivity index (χ0n) is 16.7. The summed E-state index contributed by atoms with van der Waals surface area (Å²) in [7, 11) is 0. The Morgan fingerprint density at radius 2 is 1.91 bits per heavy atom. The smallest absolute Gasteiger partial charge is 0.326 e. The van der Waals surface area contributed by atoms with Gasteiger partial charge in [-0.25, -0.2) is 18.0 Å². The molecular weight excluding hydrogens is 459 g/mol. The first kappa shape index (κ1) is 21.3. The molecule has 10 heteroatoms. The van der Waals surface area contributed by atoms with E-state index in [1.54, 1.807) is 18.2 Å². The fourth-order valence-corrected chi connectivity index (χ4v) is 4.51. The maximum atomic E-state index is 14.2.